The van der Waals surface area contributed by atoms with E-state index in [1.807, 2.05) is 0 Å². The van der Waals surface area contributed by atoms with Crippen molar-refractivity contribution in [2.75, 3.05) is 33.0 Å². The molecule has 0 saturated carbocycles. The number of aliphatic hydroxyl groups is 5. The Morgan fingerprint density at radius 2 is 1.24 bits per heavy atom. The second-order valence-electron chi connectivity index (χ2n) is 11.0. The zero-order valence-corrected chi connectivity index (χ0v) is 27.4. The van der Waals surface area contributed by atoms with E-state index in [9.17, 15) is 60.1 Å². The van der Waals surface area contributed by atoms with Gasteiger partial charge in [0.2, 0.25) is 5.76 Å². The number of carbonyl (C=O) groups is 1. The van der Waals surface area contributed by atoms with Gasteiger partial charge in [-0.1, -0.05) is 0 Å². The molecule has 27 heteroatoms. The van der Waals surface area contributed by atoms with Gasteiger partial charge in [-0.2, -0.15) is 25.3 Å². The Bertz CT molecular complexity index is 1480. The van der Waals surface area contributed by atoms with Crippen LogP contribution in [0.3, 0.4) is 0 Å². The highest BCUT2D eigenvalue weighted by Crippen LogP contribution is 2.33. The lowest BCUT2D eigenvalue weighted by Crippen LogP contribution is -2.60. The molecule has 11 unspecified atom stereocenters. The zero-order valence-electron chi connectivity index (χ0n) is 25.0. The van der Waals surface area contributed by atoms with Crippen molar-refractivity contribution in [3.8, 4) is 0 Å². The molecule has 286 valence electrons. The number of aliphatic hydroxyl groups excluding tert-OH is 5. The molecule has 0 aromatic carbocycles. The van der Waals surface area contributed by atoms with E-state index in [1.54, 1.807) is 0 Å². The summed E-state index contributed by atoms with van der Waals surface area (Å²) in [7, 11) is -15.6. The summed E-state index contributed by atoms with van der Waals surface area (Å²) in [6, 6.07) is 0. The van der Waals surface area contributed by atoms with Crippen molar-refractivity contribution in [1.29, 1.82) is 0 Å². The average Bonchev–Trinajstić information content (AvgIpc) is 2.95. The first kappa shape index (κ1) is 41.7. The van der Waals surface area contributed by atoms with E-state index in [2.05, 4.69) is 12.5 Å². The third-order valence-corrected chi connectivity index (χ3v) is 8.88. The van der Waals surface area contributed by atoms with Crippen LogP contribution in [0.15, 0.2) is 11.8 Å². The van der Waals surface area contributed by atoms with E-state index in [0.717, 1.165) is 13.0 Å². The van der Waals surface area contributed by atoms with Crippen LogP contribution in [0.25, 0.3) is 0 Å². The lowest BCUT2D eigenvalue weighted by Gasteiger charge is -2.44. The molecule has 24 nitrogen and oxygen atoms in total. The average molecular weight is 781 g/mol. The van der Waals surface area contributed by atoms with Gasteiger partial charge in [0.25, 0.3) is 0 Å². The fourth-order valence-corrected chi connectivity index (χ4v) is 6.62. The van der Waals surface area contributed by atoms with Gasteiger partial charge in [0.1, 0.15) is 42.7 Å². The van der Waals surface area contributed by atoms with Crippen molar-refractivity contribution in [3.05, 3.63) is 11.8 Å². The van der Waals surface area contributed by atoms with Gasteiger partial charge < -0.3 is 54.3 Å². The van der Waals surface area contributed by atoms with Crippen molar-refractivity contribution < 1.29 is 111 Å². The molecule has 3 aliphatic rings. The maximum Gasteiger partial charge on any atom is 0.397 e. The third kappa shape index (κ3) is 12.2. The summed E-state index contributed by atoms with van der Waals surface area (Å²) >= 11 is 0. The molecule has 49 heavy (non-hydrogen) atoms. The second kappa shape index (κ2) is 16.7. The van der Waals surface area contributed by atoms with E-state index in [0.29, 0.717) is 0 Å². The van der Waals surface area contributed by atoms with Gasteiger partial charge in [0.05, 0.1) is 45.2 Å². The van der Waals surface area contributed by atoms with Crippen LogP contribution in [-0.2, 0) is 72.2 Å². The molecule has 0 aromatic heterocycles. The first-order chi connectivity index (χ1) is 22.5. The third-order valence-electron chi connectivity index (χ3n) is 7.52. The van der Waals surface area contributed by atoms with Crippen molar-refractivity contribution in [3.63, 3.8) is 0 Å². The molecular weight excluding hydrogens is 744 g/mol. The minimum absolute atomic E-state index is 0.564. The fourth-order valence-electron chi connectivity index (χ4n) is 5.24. The maximum absolute atomic E-state index is 11.5. The monoisotopic (exact) mass is 780 g/mol. The molecule has 2 saturated heterocycles. The smallest absolute Gasteiger partial charge is 0.397 e. The minimum Gasteiger partial charge on any atom is -0.478 e. The first-order valence-electron chi connectivity index (χ1n) is 13.9. The lowest BCUT2D eigenvalue weighted by molar-refractivity contribution is -0.272. The normalized spacial score (nSPS) is 37.7. The molecular formula is C22H36O24S3. The zero-order chi connectivity index (χ0) is 37.1. The number of rotatable bonds is 16. The number of hydrogen-bond acceptors (Lipinski definition) is 20. The van der Waals surface area contributed by atoms with Crippen LogP contribution in [0.4, 0.5) is 0 Å². The van der Waals surface area contributed by atoms with Crippen molar-refractivity contribution >= 4 is 37.2 Å². The molecule has 3 heterocycles. The van der Waals surface area contributed by atoms with E-state index in [4.69, 9.17) is 37.9 Å². The van der Waals surface area contributed by atoms with E-state index in [-0.39, 0.29) is 0 Å². The van der Waals surface area contributed by atoms with E-state index < -0.39 is 155 Å². The number of carboxylic acids is 1. The second-order valence-corrected chi connectivity index (χ2v) is 14.2. The van der Waals surface area contributed by atoms with Gasteiger partial charge >= 0.3 is 37.2 Å². The summed E-state index contributed by atoms with van der Waals surface area (Å²) in [6.07, 6.45) is -18.5. The molecule has 0 radical (unpaired) electrons. The van der Waals surface area contributed by atoms with Crippen LogP contribution < -0.4 is 0 Å². The van der Waals surface area contributed by atoms with Crippen LogP contribution in [0, 0.1) is 11.8 Å². The molecule has 0 aliphatic carbocycles. The van der Waals surface area contributed by atoms with Crippen molar-refractivity contribution in [2.24, 2.45) is 11.8 Å². The molecule has 3 rings (SSSR count). The predicted molar refractivity (Wildman–Crippen MR) is 149 cm³/mol. The Hall–Kier alpha value is -1.74. The fraction of sp³-hybridized carbons (Fsp3) is 0.864. The SMILES string of the molecule is CC1OC(COCC2C(COCC3OC(C(=O)O)=CC(O)C3O)C(O)OC(COS(=O)(=O)O)[C@H]2O)C(OS(=O)(=O)O)C(O)[C@@H]1OS(=O)(=O)O. The van der Waals surface area contributed by atoms with Gasteiger partial charge in [-0.05, 0) is 13.0 Å². The number of ether oxygens (including phenoxy) is 5. The van der Waals surface area contributed by atoms with Gasteiger partial charge in [-0.15, -0.1) is 0 Å². The molecule has 9 N–H and O–H groups in total. The quantitative estimate of drug-likeness (QED) is 0.0661. The Kier molecular flexibility index (Phi) is 14.2. The van der Waals surface area contributed by atoms with Crippen LogP contribution in [0.2, 0.25) is 0 Å². The Balaban J connectivity index is 1.76. The summed E-state index contributed by atoms with van der Waals surface area (Å²) in [4.78, 5) is 11.3. The standard InChI is InChI=1S/C22H36O24S3/c1-8-19(45-48(33,34)35)18(26)20(46-49(36,37)38)15(42-8)6-39-3-9-10(22(29)44-14(16(9)24)7-41-47(30,31)32)4-40-5-13-17(25)11(23)2-12(43-13)21(27)28/h2,8-11,13-20,22-26,29H,3-7H2,1H3,(H,27,28)(H,30,31,32)(H,33,34,35)(H,36,37,38)/t8?,9?,10?,11?,13?,14?,15?,16-,17?,18?,19+,20?,22?/m0/s1. The van der Waals surface area contributed by atoms with Gasteiger partial charge in [-0.25, -0.2) is 17.3 Å². The van der Waals surface area contributed by atoms with Crippen molar-refractivity contribution in [1.82, 2.24) is 0 Å². The topological polar surface area (TPSA) is 375 Å². The molecule has 0 spiro atoms. The van der Waals surface area contributed by atoms with E-state index >= 15 is 0 Å². The predicted octanol–water partition coefficient (Wildman–Crippen LogP) is -5.24. The molecule has 0 bridgehead atoms. The summed E-state index contributed by atoms with van der Waals surface area (Å²) < 4.78 is 134. The first-order valence-corrected chi connectivity index (χ1v) is 18.0. The Labute approximate surface area is 278 Å². The summed E-state index contributed by atoms with van der Waals surface area (Å²) in [6.45, 7) is -2.39. The highest BCUT2D eigenvalue weighted by atomic mass is 32.3. The van der Waals surface area contributed by atoms with Crippen LogP contribution >= 0.6 is 0 Å². The molecule has 13 atom stereocenters. The summed E-state index contributed by atoms with van der Waals surface area (Å²) in [5.41, 5.74) is 0. The van der Waals surface area contributed by atoms with E-state index in [1.165, 1.54) is 0 Å². The molecule has 0 aromatic rings. The maximum atomic E-state index is 11.5. The number of carboxylic acid groups (broad SMARTS) is 1. The Morgan fingerprint density at radius 1 is 0.694 bits per heavy atom. The lowest BCUT2D eigenvalue weighted by atomic mass is 9.83. The van der Waals surface area contributed by atoms with Gasteiger partial charge in [0.15, 0.2) is 12.4 Å². The van der Waals surface area contributed by atoms with Crippen LogP contribution in [-0.4, -0.2) is 176 Å². The van der Waals surface area contributed by atoms with Crippen LogP contribution in [0.5, 0.6) is 0 Å². The highest BCUT2D eigenvalue weighted by Gasteiger charge is 2.50. The Morgan fingerprint density at radius 3 is 1.80 bits per heavy atom. The van der Waals surface area contributed by atoms with Crippen molar-refractivity contribution in [2.45, 2.75) is 74.3 Å². The summed E-state index contributed by atoms with van der Waals surface area (Å²) in [5.74, 6) is -4.84. The largest absolute Gasteiger partial charge is 0.478 e. The minimum atomic E-state index is -5.34. The summed E-state index contributed by atoms with van der Waals surface area (Å²) in [5, 5.41) is 61.5. The molecule has 0 amide bonds. The molecule has 2 fully saturated rings. The molecule has 3 aliphatic heterocycles. The van der Waals surface area contributed by atoms with Crippen LogP contribution in [0.1, 0.15) is 6.92 Å². The number of hydrogen-bond donors (Lipinski definition) is 9. The van der Waals surface area contributed by atoms with Gasteiger partial charge in [0, 0.05) is 11.8 Å². The highest BCUT2D eigenvalue weighted by molar-refractivity contribution is 7.81. The van der Waals surface area contributed by atoms with Gasteiger partial charge in [-0.3, -0.25) is 13.7 Å². The number of aliphatic carboxylic acids is 1.